The molecule has 2 N–H and O–H groups in total. The molecule has 0 saturated heterocycles. The number of nitrogens with one attached hydrogen (secondary N) is 2. The summed E-state index contributed by atoms with van der Waals surface area (Å²) in [4.78, 5) is 13.1. The van der Waals surface area contributed by atoms with Crippen molar-refractivity contribution in [3.05, 3.63) is 112 Å². The van der Waals surface area contributed by atoms with Crippen LogP contribution in [0.5, 0.6) is 0 Å². The van der Waals surface area contributed by atoms with E-state index in [0.29, 0.717) is 11.3 Å². The molecule has 40 heavy (non-hydrogen) atoms. The zero-order valence-corrected chi connectivity index (χ0v) is 24.6. The van der Waals surface area contributed by atoms with Crippen LogP contribution in [0.3, 0.4) is 0 Å². The average Bonchev–Trinajstić information content (AvgIpc) is 2.92. The Morgan fingerprint density at radius 3 is 2.15 bits per heavy atom. The minimum atomic E-state index is -4.08. The second-order valence-electron chi connectivity index (χ2n) is 8.89. The number of benzene rings is 4. The summed E-state index contributed by atoms with van der Waals surface area (Å²) >= 11 is 12.1. The van der Waals surface area contributed by atoms with Gasteiger partial charge >= 0.3 is 0 Å². The molecule has 0 aliphatic carbocycles. The summed E-state index contributed by atoms with van der Waals surface area (Å²) in [6, 6.07) is 23.2. The zero-order chi connectivity index (χ0) is 29.1. The highest BCUT2D eigenvalue weighted by atomic mass is 35.5. The third-order valence-electron chi connectivity index (χ3n) is 5.90. The van der Waals surface area contributed by atoms with Gasteiger partial charge in [-0.2, -0.15) is 0 Å². The Kier molecular flexibility index (Phi) is 8.74. The van der Waals surface area contributed by atoms with E-state index in [9.17, 15) is 21.6 Å². The Bertz CT molecular complexity index is 1760. The van der Waals surface area contributed by atoms with E-state index in [1.807, 2.05) is 13.0 Å². The molecular weight excluding hydrogens is 593 g/mol. The molecule has 8 nitrogen and oxygen atoms in total. The van der Waals surface area contributed by atoms with Crippen LogP contribution in [0, 0.1) is 13.8 Å². The quantitative estimate of drug-likeness (QED) is 0.231. The van der Waals surface area contributed by atoms with Crippen LogP contribution in [0.1, 0.15) is 11.1 Å². The van der Waals surface area contributed by atoms with Gasteiger partial charge in [0.15, 0.2) is 0 Å². The molecule has 0 fully saturated rings. The van der Waals surface area contributed by atoms with Gasteiger partial charge in [0.2, 0.25) is 5.91 Å². The summed E-state index contributed by atoms with van der Waals surface area (Å²) in [6.07, 6.45) is 0. The van der Waals surface area contributed by atoms with Gasteiger partial charge in [0, 0.05) is 5.69 Å². The largest absolute Gasteiger partial charge is 0.325 e. The standard InChI is InChI=1S/C28H25Cl2N3O5S2/c1-19-11-12-20(2)26(17-19)33(40(37,38)23-7-4-3-5-8-23)18-27(34)31-21-13-15-22(16-14-21)39(35,36)32-25-10-6-9-24(29)28(25)30/h3-17,32H,18H2,1-2H3,(H,31,34). The number of halogens is 2. The van der Waals surface area contributed by atoms with Crippen molar-refractivity contribution >= 4 is 66.2 Å². The number of anilines is 3. The fourth-order valence-electron chi connectivity index (χ4n) is 3.84. The Balaban J connectivity index is 1.56. The fraction of sp³-hybridized carbons (Fsp3) is 0.107. The van der Waals surface area contributed by atoms with Crippen molar-refractivity contribution in [3.63, 3.8) is 0 Å². The van der Waals surface area contributed by atoms with Crippen molar-refractivity contribution in [1.82, 2.24) is 0 Å². The molecule has 0 bridgehead atoms. The molecule has 1 amide bonds. The first-order valence-corrected chi connectivity index (χ1v) is 15.6. The highest BCUT2D eigenvalue weighted by Crippen LogP contribution is 2.31. The Morgan fingerprint density at radius 1 is 0.800 bits per heavy atom. The van der Waals surface area contributed by atoms with Crippen molar-refractivity contribution in [2.45, 2.75) is 23.6 Å². The highest BCUT2D eigenvalue weighted by Gasteiger charge is 2.28. The number of aryl methyl sites for hydroxylation is 2. The molecule has 0 spiro atoms. The predicted octanol–water partition coefficient (Wildman–Crippen LogP) is 6.25. The van der Waals surface area contributed by atoms with E-state index >= 15 is 0 Å². The fourth-order valence-corrected chi connectivity index (χ4v) is 6.82. The predicted molar refractivity (Wildman–Crippen MR) is 159 cm³/mol. The summed E-state index contributed by atoms with van der Waals surface area (Å²) < 4.78 is 56.3. The Morgan fingerprint density at radius 2 is 1.48 bits per heavy atom. The lowest BCUT2D eigenvalue weighted by molar-refractivity contribution is -0.114. The van der Waals surface area contributed by atoms with E-state index in [1.165, 1.54) is 48.5 Å². The summed E-state index contributed by atoms with van der Waals surface area (Å²) in [5.41, 5.74) is 2.30. The van der Waals surface area contributed by atoms with Crippen LogP contribution in [-0.4, -0.2) is 29.3 Å². The molecule has 4 aromatic carbocycles. The van der Waals surface area contributed by atoms with Gasteiger partial charge in [-0.3, -0.25) is 13.8 Å². The minimum Gasteiger partial charge on any atom is -0.325 e. The van der Waals surface area contributed by atoms with Gasteiger partial charge in [-0.25, -0.2) is 16.8 Å². The Labute approximate surface area is 243 Å². The number of carbonyl (C=O) groups is 1. The molecule has 4 aromatic rings. The van der Waals surface area contributed by atoms with Gasteiger partial charge < -0.3 is 5.32 Å². The van der Waals surface area contributed by atoms with Crippen LogP contribution in [0.4, 0.5) is 17.1 Å². The molecule has 0 aliphatic heterocycles. The third-order valence-corrected chi connectivity index (χ3v) is 9.87. The van der Waals surface area contributed by atoms with Gasteiger partial charge in [-0.05, 0) is 79.6 Å². The van der Waals surface area contributed by atoms with Gasteiger partial charge in [-0.15, -0.1) is 0 Å². The van der Waals surface area contributed by atoms with Gasteiger partial charge in [0.05, 0.1) is 31.2 Å². The van der Waals surface area contributed by atoms with Crippen LogP contribution in [-0.2, 0) is 24.8 Å². The maximum atomic E-state index is 13.6. The van der Waals surface area contributed by atoms with E-state index in [1.54, 1.807) is 43.3 Å². The molecule has 0 aromatic heterocycles. The van der Waals surface area contributed by atoms with Gasteiger partial charge in [-0.1, -0.05) is 59.6 Å². The summed E-state index contributed by atoms with van der Waals surface area (Å²) in [7, 11) is -8.08. The molecule has 0 saturated carbocycles. The highest BCUT2D eigenvalue weighted by molar-refractivity contribution is 7.93. The number of hydrogen-bond donors (Lipinski definition) is 2. The smallest absolute Gasteiger partial charge is 0.264 e. The lowest BCUT2D eigenvalue weighted by Crippen LogP contribution is -2.38. The van der Waals surface area contributed by atoms with Crippen LogP contribution in [0.2, 0.25) is 10.0 Å². The van der Waals surface area contributed by atoms with Crippen LogP contribution >= 0.6 is 23.2 Å². The molecule has 0 radical (unpaired) electrons. The molecule has 12 heteroatoms. The third kappa shape index (κ3) is 6.59. The van der Waals surface area contributed by atoms with Crippen molar-refractivity contribution in [1.29, 1.82) is 0 Å². The molecule has 208 valence electrons. The van der Waals surface area contributed by atoms with Crippen molar-refractivity contribution in [3.8, 4) is 0 Å². The lowest BCUT2D eigenvalue weighted by Gasteiger charge is -2.26. The summed E-state index contributed by atoms with van der Waals surface area (Å²) in [5, 5.41) is 2.91. The first-order valence-electron chi connectivity index (χ1n) is 11.9. The number of rotatable bonds is 9. The first-order chi connectivity index (χ1) is 18.9. The topological polar surface area (TPSA) is 113 Å². The monoisotopic (exact) mass is 617 g/mol. The number of nitrogens with zero attached hydrogens (tertiary/aromatic N) is 1. The lowest BCUT2D eigenvalue weighted by atomic mass is 10.1. The average molecular weight is 619 g/mol. The number of hydrogen-bond acceptors (Lipinski definition) is 5. The molecular formula is C28H25Cl2N3O5S2. The molecule has 0 atom stereocenters. The molecule has 4 rings (SSSR count). The number of sulfonamides is 2. The molecule has 0 aliphatic rings. The van der Waals surface area contributed by atoms with Crippen LogP contribution in [0.15, 0.2) is 101 Å². The number of carbonyl (C=O) groups excluding carboxylic acids is 1. The minimum absolute atomic E-state index is 0.0468. The van der Waals surface area contributed by atoms with E-state index in [2.05, 4.69) is 10.0 Å². The van der Waals surface area contributed by atoms with Crippen LogP contribution < -0.4 is 14.3 Å². The van der Waals surface area contributed by atoms with E-state index in [-0.39, 0.29) is 31.2 Å². The zero-order valence-electron chi connectivity index (χ0n) is 21.4. The summed E-state index contributed by atoms with van der Waals surface area (Å²) in [6.45, 7) is 3.10. The molecule has 0 unspecified atom stereocenters. The Hall–Kier alpha value is -3.57. The van der Waals surface area contributed by atoms with E-state index in [0.717, 1.165) is 9.87 Å². The molecule has 0 heterocycles. The van der Waals surface area contributed by atoms with Gasteiger partial charge in [0.1, 0.15) is 6.54 Å². The maximum Gasteiger partial charge on any atom is 0.264 e. The van der Waals surface area contributed by atoms with Crippen molar-refractivity contribution < 1.29 is 21.6 Å². The second-order valence-corrected chi connectivity index (χ2v) is 13.2. The van der Waals surface area contributed by atoms with E-state index in [4.69, 9.17) is 23.2 Å². The van der Waals surface area contributed by atoms with Crippen LogP contribution in [0.25, 0.3) is 0 Å². The van der Waals surface area contributed by atoms with Gasteiger partial charge in [0.25, 0.3) is 20.0 Å². The van der Waals surface area contributed by atoms with Crippen molar-refractivity contribution in [2.24, 2.45) is 0 Å². The van der Waals surface area contributed by atoms with Crippen molar-refractivity contribution in [2.75, 3.05) is 20.9 Å². The van der Waals surface area contributed by atoms with E-state index < -0.39 is 32.5 Å². The number of amides is 1. The maximum absolute atomic E-state index is 13.6. The normalized spacial score (nSPS) is 11.6. The summed E-state index contributed by atoms with van der Waals surface area (Å²) in [5.74, 6) is -0.611. The SMILES string of the molecule is Cc1ccc(C)c(N(CC(=O)Nc2ccc(S(=O)(=O)Nc3cccc(Cl)c3Cl)cc2)S(=O)(=O)c2ccccc2)c1. The first kappa shape index (κ1) is 29.4. The second kappa shape index (κ2) is 11.9.